The van der Waals surface area contributed by atoms with E-state index in [-0.39, 0.29) is 47.4 Å². The fourth-order valence-corrected chi connectivity index (χ4v) is 9.40. The number of fused-ring (bicyclic) bond motifs is 1. The third-order valence-corrected chi connectivity index (χ3v) is 13.4. The number of unbranched alkanes of at least 4 members (excludes halogenated alkanes) is 4. The van der Waals surface area contributed by atoms with Gasteiger partial charge in [-0.15, -0.1) is 0 Å². The Morgan fingerprint density at radius 2 is 1.70 bits per heavy atom. The average Bonchev–Trinajstić information content (AvgIpc) is 3.73. The number of nitrogens with one attached hydrogen (secondary N) is 2. The summed E-state index contributed by atoms with van der Waals surface area (Å²) in [5, 5.41) is 26.1. The molecule has 0 radical (unpaired) electrons. The minimum Gasteiger partial charge on any atom is -0.386 e. The van der Waals surface area contributed by atoms with Crippen LogP contribution in [0.1, 0.15) is 78.9 Å². The van der Waals surface area contributed by atoms with Crippen LogP contribution in [0.15, 0.2) is 12.7 Å². The molecule has 0 saturated carbocycles. The molecule has 10 N–H and O–H groups in total. The van der Waals surface area contributed by atoms with Crippen LogP contribution < -0.4 is 16.4 Å². The zero-order chi connectivity index (χ0) is 45.8. The molecule has 2 amide bonds. The predicted octanol–water partition coefficient (Wildman–Crippen LogP) is 2.00. The van der Waals surface area contributed by atoms with E-state index in [1.165, 1.54) is 13.8 Å². The zero-order valence-electron chi connectivity index (χ0n) is 33.8. The van der Waals surface area contributed by atoms with Crippen molar-refractivity contribution in [3.05, 3.63) is 12.7 Å². The van der Waals surface area contributed by atoms with Crippen molar-refractivity contribution in [1.29, 1.82) is 0 Å². The maximum atomic E-state index is 14.4. The van der Waals surface area contributed by atoms with Crippen molar-refractivity contribution < 1.29 is 84.9 Å². The van der Waals surface area contributed by atoms with Crippen LogP contribution in [0, 0.1) is 11.3 Å². The normalized spacial score (nSPS) is 22.0. The molecule has 3 rings (SSSR count). The predicted molar refractivity (Wildman–Crippen MR) is 215 cm³/mol. The number of hydrogen-bond donors (Lipinski definition) is 9. The number of phosphoric ester groups is 3. The SMILES string of the molecule is CCCCCCC[C@@H](F)[C@@H](C)C(=O)SCCNC(=O)CCNC(=O)[C@H](O)C(C)(C)COP(=O)(O)OP(=O)(O)OC[C@H]1O[C@@H](n2cnc3c(N)ncnc32)[C@H](O)[C@@H]1OP(=O)(O)O. The van der Waals surface area contributed by atoms with E-state index in [9.17, 15) is 62.3 Å². The third kappa shape index (κ3) is 16.9. The van der Waals surface area contributed by atoms with Crippen molar-refractivity contribution in [3.8, 4) is 0 Å². The Hall–Kier alpha value is -2.51. The Bertz CT molecular complexity index is 1930. The van der Waals surface area contributed by atoms with E-state index in [4.69, 9.17) is 19.5 Å². The maximum Gasteiger partial charge on any atom is 0.481 e. The summed E-state index contributed by atoms with van der Waals surface area (Å²) in [7, 11) is -16.4. The number of aromatic nitrogens is 4. The molecule has 1 fully saturated rings. The molecular formula is C32H55FN7O17P3S. The Morgan fingerprint density at radius 3 is 2.38 bits per heavy atom. The van der Waals surface area contributed by atoms with Gasteiger partial charge in [-0.1, -0.05) is 71.6 Å². The summed E-state index contributed by atoms with van der Waals surface area (Å²) >= 11 is 0.914. The lowest BCUT2D eigenvalue weighted by atomic mass is 9.87. The quantitative estimate of drug-likeness (QED) is 0.0457. The average molecular weight is 954 g/mol. The van der Waals surface area contributed by atoms with Gasteiger partial charge >= 0.3 is 23.5 Å². The van der Waals surface area contributed by atoms with Gasteiger partial charge in [0.25, 0.3) is 0 Å². The highest BCUT2D eigenvalue weighted by atomic mass is 32.2. The number of ether oxygens (including phenoxy) is 1. The van der Waals surface area contributed by atoms with E-state index in [1.807, 2.05) is 0 Å². The second-order valence-corrected chi connectivity index (χ2v) is 20.1. The molecule has 29 heteroatoms. The summed E-state index contributed by atoms with van der Waals surface area (Å²) < 4.78 is 76.6. The summed E-state index contributed by atoms with van der Waals surface area (Å²) in [6.07, 6.45) is -3.13. The number of nitrogens with two attached hydrogens (primary N) is 1. The largest absolute Gasteiger partial charge is 0.481 e. The monoisotopic (exact) mass is 953 g/mol. The van der Waals surface area contributed by atoms with Gasteiger partial charge < -0.3 is 50.9 Å². The molecule has 9 atom stereocenters. The van der Waals surface area contributed by atoms with Crippen molar-refractivity contribution in [2.45, 2.75) is 109 Å². The van der Waals surface area contributed by atoms with Crippen molar-refractivity contribution in [3.63, 3.8) is 0 Å². The number of aliphatic hydroxyl groups excluding tert-OH is 2. The lowest BCUT2D eigenvalue weighted by Gasteiger charge is -2.30. The van der Waals surface area contributed by atoms with Gasteiger partial charge in [-0.2, -0.15) is 4.31 Å². The summed E-state index contributed by atoms with van der Waals surface area (Å²) in [6.45, 7) is 3.92. The molecule has 24 nitrogen and oxygen atoms in total. The number of nitrogen functional groups attached to an aromatic ring is 1. The molecule has 2 aromatic heterocycles. The molecule has 1 aliphatic rings. The molecule has 3 heterocycles. The summed E-state index contributed by atoms with van der Waals surface area (Å²) in [6, 6.07) is 0. The Kier molecular flexibility index (Phi) is 20.3. The van der Waals surface area contributed by atoms with E-state index in [1.54, 1.807) is 6.92 Å². The highest BCUT2D eigenvalue weighted by Gasteiger charge is 2.50. The number of halogens is 1. The number of carbonyl (C=O) groups excluding carboxylic acids is 3. The van der Waals surface area contributed by atoms with Gasteiger partial charge in [0.15, 0.2) is 22.8 Å². The number of hydrogen-bond acceptors (Lipinski definition) is 18. The first-order valence-electron chi connectivity index (χ1n) is 19.1. The molecule has 2 aromatic rings. The second kappa shape index (κ2) is 23.4. The lowest BCUT2D eigenvalue weighted by Crippen LogP contribution is -2.46. The lowest BCUT2D eigenvalue weighted by molar-refractivity contribution is -0.137. The van der Waals surface area contributed by atoms with Gasteiger partial charge in [-0.3, -0.25) is 32.5 Å². The first-order chi connectivity index (χ1) is 28.4. The minimum atomic E-state index is -5.59. The Morgan fingerprint density at radius 1 is 1.03 bits per heavy atom. The van der Waals surface area contributed by atoms with Crippen molar-refractivity contribution >= 4 is 69.1 Å². The van der Waals surface area contributed by atoms with E-state index in [0.717, 1.165) is 54.7 Å². The van der Waals surface area contributed by atoms with Gasteiger partial charge in [0.2, 0.25) is 11.8 Å². The van der Waals surface area contributed by atoms with Crippen LogP contribution in [0.5, 0.6) is 0 Å². The van der Waals surface area contributed by atoms with E-state index in [0.29, 0.717) is 12.8 Å². The van der Waals surface area contributed by atoms with Gasteiger partial charge in [-0.25, -0.2) is 33.0 Å². The number of phosphoric acid groups is 3. The third-order valence-electron chi connectivity index (χ3n) is 9.24. The first-order valence-corrected chi connectivity index (χ1v) is 24.6. The second-order valence-electron chi connectivity index (χ2n) is 14.7. The highest BCUT2D eigenvalue weighted by Crippen LogP contribution is 2.61. The molecular weight excluding hydrogens is 898 g/mol. The molecule has 0 spiro atoms. The van der Waals surface area contributed by atoms with Crippen LogP contribution in [0.3, 0.4) is 0 Å². The molecule has 2 unspecified atom stereocenters. The van der Waals surface area contributed by atoms with E-state index in [2.05, 4.69) is 41.3 Å². The number of carbonyl (C=O) groups is 3. The Labute approximate surface area is 354 Å². The van der Waals surface area contributed by atoms with Crippen LogP contribution in [-0.4, -0.2) is 129 Å². The van der Waals surface area contributed by atoms with Crippen LogP contribution >= 0.6 is 35.2 Å². The fourth-order valence-electron chi connectivity index (χ4n) is 5.75. The molecule has 348 valence electrons. The van der Waals surface area contributed by atoms with Gasteiger partial charge in [0.1, 0.15) is 42.4 Å². The van der Waals surface area contributed by atoms with Crippen LogP contribution in [0.2, 0.25) is 0 Å². The van der Waals surface area contributed by atoms with Gasteiger partial charge in [0.05, 0.1) is 25.5 Å². The summed E-state index contributed by atoms with van der Waals surface area (Å²) in [5.74, 6) is -2.11. The molecule has 1 aliphatic heterocycles. The molecule has 0 aliphatic carbocycles. The van der Waals surface area contributed by atoms with Crippen molar-refractivity contribution in [2.75, 3.05) is 37.8 Å². The smallest absolute Gasteiger partial charge is 0.386 e. The van der Waals surface area contributed by atoms with Gasteiger partial charge in [-0.05, 0) is 6.42 Å². The number of nitrogens with zero attached hydrogens (tertiary/aromatic N) is 4. The van der Waals surface area contributed by atoms with Crippen LogP contribution in [-0.2, 0) is 50.7 Å². The minimum absolute atomic E-state index is 0.0242. The molecule has 61 heavy (non-hydrogen) atoms. The van der Waals surface area contributed by atoms with Crippen LogP contribution in [0.4, 0.5) is 10.2 Å². The number of rotatable bonds is 27. The zero-order valence-corrected chi connectivity index (χ0v) is 37.3. The number of alkyl halides is 1. The fraction of sp³-hybridized carbons (Fsp3) is 0.750. The first kappa shape index (κ1) is 52.8. The van der Waals surface area contributed by atoms with Crippen LogP contribution in [0.25, 0.3) is 11.2 Å². The molecule has 0 bridgehead atoms. The number of thioether (sulfide) groups is 1. The van der Waals surface area contributed by atoms with Crippen molar-refractivity contribution in [2.24, 2.45) is 11.3 Å². The topological polar surface area (TPSA) is 364 Å². The summed E-state index contributed by atoms with van der Waals surface area (Å²) in [4.78, 5) is 88.2. The molecule has 1 saturated heterocycles. The number of aliphatic hydroxyl groups is 2. The maximum absolute atomic E-state index is 14.4. The number of amides is 2. The molecule has 0 aromatic carbocycles. The standard InChI is InChI=1S/C32H55FN7O17P3S/c1-5-6-7-8-9-10-20(33)19(2)31(45)61-14-13-35-22(41)11-12-36-29(44)26(43)32(3,4)16-54-60(51,52)57-59(49,50)53-15-21-25(56-58(46,47)48)24(42)30(55-21)40-18-39-23-27(34)37-17-38-28(23)40/h17-21,24-26,30,42-43H,5-16H2,1-4H3,(H,35,41)(H,36,44)(H,49,50)(H,51,52)(H2,34,37,38)(H2,46,47,48)/t19-,20-,21-,24-,25-,26+,30-/m1/s1. The Balaban J connectivity index is 1.43. The number of imidazole rings is 1. The van der Waals surface area contributed by atoms with Crippen molar-refractivity contribution in [1.82, 2.24) is 30.2 Å². The number of anilines is 1. The van der Waals surface area contributed by atoms with E-state index >= 15 is 0 Å². The van der Waals surface area contributed by atoms with Gasteiger partial charge in [0, 0.05) is 30.7 Å². The highest BCUT2D eigenvalue weighted by molar-refractivity contribution is 8.13. The van der Waals surface area contributed by atoms with E-state index < -0.39 is 96.6 Å². The summed E-state index contributed by atoms with van der Waals surface area (Å²) in [5.41, 5.74) is 4.23.